The molecule has 1 amide bonds. The van der Waals surface area contributed by atoms with Crippen molar-refractivity contribution in [3.63, 3.8) is 0 Å². The molecule has 1 N–H and O–H groups in total. The van der Waals surface area contributed by atoms with E-state index in [1.165, 1.54) is 31.3 Å². The van der Waals surface area contributed by atoms with Crippen LogP contribution >= 0.6 is 0 Å². The molecule has 1 aromatic carbocycles. The predicted octanol–water partition coefficient (Wildman–Crippen LogP) is 1.99. The van der Waals surface area contributed by atoms with Crippen LogP contribution in [0.15, 0.2) is 12.1 Å². The van der Waals surface area contributed by atoms with Crippen molar-refractivity contribution in [1.29, 1.82) is 0 Å². The first-order valence-corrected chi connectivity index (χ1v) is 7.13. The molecule has 9 heteroatoms. The Labute approximate surface area is 136 Å². The summed E-state index contributed by atoms with van der Waals surface area (Å²) in [5.41, 5.74) is 0.0680. The number of hydrogen-bond acceptors (Lipinski definition) is 5. The van der Waals surface area contributed by atoms with Crippen molar-refractivity contribution in [2.24, 2.45) is 0 Å². The average Bonchev–Trinajstić information content (AvgIpc) is 3.03. The number of halogens is 2. The number of hydrogen-bond donors (Lipinski definition) is 1. The van der Waals surface area contributed by atoms with Crippen molar-refractivity contribution >= 4 is 11.9 Å². The zero-order chi connectivity index (χ0) is 17.9. The number of carboxylic acid groups (broad SMARTS) is 1. The molecule has 0 radical (unpaired) electrons. The van der Waals surface area contributed by atoms with Crippen LogP contribution in [-0.2, 0) is 4.79 Å². The second-order valence-electron chi connectivity index (χ2n) is 5.08. The van der Waals surface area contributed by atoms with Gasteiger partial charge in [-0.2, -0.15) is 8.78 Å². The Kier molecular flexibility index (Phi) is 5.42. The minimum Gasteiger partial charge on any atom is -0.493 e. The predicted molar refractivity (Wildman–Crippen MR) is 77.9 cm³/mol. The monoisotopic (exact) mass is 345 g/mol. The van der Waals surface area contributed by atoms with E-state index in [4.69, 9.17) is 9.47 Å². The number of alkyl halides is 2. The number of aliphatic carboxylic acids is 1. The normalized spacial score (nSPS) is 17.0. The Morgan fingerprint density at radius 3 is 2.29 bits per heavy atom. The molecule has 1 aromatic rings. The molecule has 0 unspecified atom stereocenters. The van der Waals surface area contributed by atoms with Crippen molar-refractivity contribution < 1.29 is 37.7 Å². The Balaban J connectivity index is 2.40. The van der Waals surface area contributed by atoms with Gasteiger partial charge in [0.05, 0.1) is 14.2 Å². The molecule has 1 heterocycles. The van der Waals surface area contributed by atoms with Crippen LogP contribution in [0, 0.1) is 0 Å². The topological polar surface area (TPSA) is 85.3 Å². The summed E-state index contributed by atoms with van der Waals surface area (Å²) >= 11 is 0. The van der Waals surface area contributed by atoms with Crippen LogP contribution in [0.25, 0.3) is 0 Å². The summed E-state index contributed by atoms with van der Waals surface area (Å²) in [6.45, 7) is -2.79. The lowest BCUT2D eigenvalue weighted by atomic mass is 10.1. The maximum Gasteiger partial charge on any atom is 0.387 e. The molecule has 1 aliphatic heterocycles. The second kappa shape index (κ2) is 7.33. The first-order chi connectivity index (χ1) is 11.4. The Hall–Kier alpha value is -2.58. The molecule has 0 spiro atoms. The minimum atomic E-state index is -3.09. The molecule has 0 bridgehead atoms. The minimum absolute atomic E-state index is 0.0680. The van der Waals surface area contributed by atoms with Gasteiger partial charge < -0.3 is 24.2 Å². The summed E-state index contributed by atoms with van der Waals surface area (Å²) < 4.78 is 39.4. The van der Waals surface area contributed by atoms with E-state index in [1.807, 2.05) is 0 Å². The molecule has 132 valence electrons. The number of likely N-dealkylation sites (tertiary alicyclic amines) is 1. The largest absolute Gasteiger partial charge is 0.493 e. The zero-order valence-electron chi connectivity index (χ0n) is 13.1. The van der Waals surface area contributed by atoms with Crippen molar-refractivity contribution in [3.05, 3.63) is 17.7 Å². The fraction of sp³-hybridized carbons (Fsp3) is 0.467. The summed E-state index contributed by atoms with van der Waals surface area (Å²) in [6.07, 6.45) is 0.936. The van der Waals surface area contributed by atoms with Gasteiger partial charge in [-0.15, -0.1) is 0 Å². The van der Waals surface area contributed by atoms with Crippen molar-refractivity contribution in [3.8, 4) is 17.2 Å². The highest BCUT2D eigenvalue weighted by atomic mass is 19.3. The number of ether oxygens (including phenoxy) is 3. The van der Waals surface area contributed by atoms with Gasteiger partial charge in [-0.1, -0.05) is 0 Å². The third-order valence-corrected chi connectivity index (χ3v) is 3.71. The highest BCUT2D eigenvalue weighted by Crippen LogP contribution is 2.40. The molecule has 1 saturated heterocycles. The van der Waals surface area contributed by atoms with Gasteiger partial charge in [0.2, 0.25) is 5.75 Å². The van der Waals surface area contributed by atoms with Gasteiger partial charge in [-0.25, -0.2) is 4.79 Å². The quantitative estimate of drug-likeness (QED) is 0.849. The molecule has 1 aliphatic rings. The highest BCUT2D eigenvalue weighted by Gasteiger charge is 2.35. The van der Waals surface area contributed by atoms with Gasteiger partial charge in [-0.05, 0) is 25.0 Å². The number of carbonyl (C=O) groups excluding carboxylic acids is 1. The Bertz CT molecular complexity index is 611. The van der Waals surface area contributed by atoms with E-state index < -0.39 is 24.5 Å². The van der Waals surface area contributed by atoms with E-state index >= 15 is 0 Å². The lowest BCUT2D eigenvalue weighted by Crippen LogP contribution is -2.40. The smallest absolute Gasteiger partial charge is 0.387 e. The Morgan fingerprint density at radius 1 is 1.25 bits per heavy atom. The fourth-order valence-electron chi connectivity index (χ4n) is 2.64. The first-order valence-electron chi connectivity index (χ1n) is 7.13. The van der Waals surface area contributed by atoms with Crippen molar-refractivity contribution in [1.82, 2.24) is 4.90 Å². The SMILES string of the molecule is COc1cc(C(=O)N2CCC[C@H]2C(=O)O)cc(OC)c1OC(F)F. The number of nitrogens with zero attached hydrogens (tertiary/aromatic N) is 1. The molecule has 7 nitrogen and oxygen atoms in total. The van der Waals surface area contributed by atoms with Crippen LogP contribution in [0.2, 0.25) is 0 Å². The number of rotatable bonds is 6. The molecule has 2 rings (SSSR count). The maximum atomic E-state index is 12.6. The van der Waals surface area contributed by atoms with Gasteiger partial charge in [-0.3, -0.25) is 4.79 Å². The number of benzene rings is 1. The van der Waals surface area contributed by atoms with Gasteiger partial charge in [0.1, 0.15) is 6.04 Å². The fourth-order valence-corrected chi connectivity index (χ4v) is 2.64. The van der Waals surface area contributed by atoms with Gasteiger partial charge in [0.25, 0.3) is 5.91 Å². The van der Waals surface area contributed by atoms with Crippen LogP contribution in [0.4, 0.5) is 8.78 Å². The number of carbonyl (C=O) groups is 2. The third kappa shape index (κ3) is 3.50. The summed E-state index contributed by atoms with van der Waals surface area (Å²) in [6, 6.07) is 1.53. The lowest BCUT2D eigenvalue weighted by molar-refractivity contribution is -0.141. The second-order valence-corrected chi connectivity index (χ2v) is 5.08. The van der Waals surface area contributed by atoms with Crippen molar-refractivity contribution in [2.75, 3.05) is 20.8 Å². The summed E-state index contributed by atoms with van der Waals surface area (Å²) in [5.74, 6) is -2.17. The van der Waals surface area contributed by atoms with Crippen LogP contribution in [0.1, 0.15) is 23.2 Å². The van der Waals surface area contributed by atoms with Crippen LogP contribution in [-0.4, -0.2) is 55.3 Å². The molecule has 0 saturated carbocycles. The summed E-state index contributed by atoms with van der Waals surface area (Å²) in [5, 5.41) is 9.18. The van der Waals surface area contributed by atoms with E-state index in [0.29, 0.717) is 19.4 Å². The Morgan fingerprint density at radius 2 is 1.83 bits per heavy atom. The summed E-state index contributed by atoms with van der Waals surface area (Å²) in [4.78, 5) is 25.0. The lowest BCUT2D eigenvalue weighted by Gasteiger charge is -2.22. The number of carboxylic acids is 1. The van der Waals surface area contributed by atoms with Gasteiger partial charge in [0.15, 0.2) is 11.5 Å². The van der Waals surface area contributed by atoms with Crippen LogP contribution in [0.3, 0.4) is 0 Å². The van der Waals surface area contributed by atoms with Gasteiger partial charge >= 0.3 is 12.6 Å². The number of methoxy groups -OCH3 is 2. The van der Waals surface area contributed by atoms with E-state index in [1.54, 1.807) is 0 Å². The molecule has 0 aliphatic carbocycles. The van der Waals surface area contributed by atoms with E-state index in [0.717, 1.165) is 0 Å². The maximum absolute atomic E-state index is 12.6. The van der Waals surface area contributed by atoms with Crippen molar-refractivity contribution in [2.45, 2.75) is 25.5 Å². The van der Waals surface area contributed by atoms with E-state index in [-0.39, 0.29) is 22.8 Å². The summed E-state index contributed by atoms with van der Waals surface area (Å²) in [7, 11) is 2.47. The molecule has 0 aromatic heterocycles. The standard InChI is InChI=1S/C15H17F2NO6/c1-22-10-6-8(7-11(23-2)12(10)24-15(16)17)13(19)18-5-3-4-9(18)14(20)21/h6-7,9,15H,3-5H2,1-2H3,(H,20,21)/t9-/m0/s1. The average molecular weight is 345 g/mol. The van der Waals surface area contributed by atoms with Crippen LogP contribution in [0.5, 0.6) is 17.2 Å². The molecule has 1 atom stereocenters. The number of amides is 1. The third-order valence-electron chi connectivity index (χ3n) is 3.71. The van der Waals surface area contributed by atoms with Crippen LogP contribution < -0.4 is 14.2 Å². The van der Waals surface area contributed by atoms with Gasteiger partial charge in [0, 0.05) is 12.1 Å². The molecular weight excluding hydrogens is 328 g/mol. The zero-order valence-corrected chi connectivity index (χ0v) is 13.1. The van der Waals surface area contributed by atoms with E-state index in [9.17, 15) is 23.5 Å². The molecule has 24 heavy (non-hydrogen) atoms. The first kappa shape index (κ1) is 17.8. The molecule has 1 fully saturated rings. The molecular formula is C15H17F2NO6. The van der Waals surface area contributed by atoms with E-state index in [2.05, 4.69) is 4.74 Å². The highest BCUT2D eigenvalue weighted by molar-refractivity contribution is 5.98.